The van der Waals surface area contributed by atoms with Crippen LogP contribution in [0.1, 0.15) is 61.2 Å². The van der Waals surface area contributed by atoms with Crippen molar-refractivity contribution in [3.05, 3.63) is 15.6 Å². The van der Waals surface area contributed by atoms with E-state index in [2.05, 4.69) is 25.8 Å². The minimum atomic E-state index is 0.0883. The van der Waals surface area contributed by atoms with Gasteiger partial charge in [0.25, 0.3) is 0 Å². The molecule has 2 rings (SSSR count). The van der Waals surface area contributed by atoms with Gasteiger partial charge in [0.15, 0.2) is 0 Å². The van der Waals surface area contributed by atoms with Crippen LogP contribution in [-0.2, 0) is 9.53 Å². The lowest BCUT2D eigenvalue weighted by Crippen LogP contribution is -2.37. The van der Waals surface area contributed by atoms with Crippen molar-refractivity contribution in [3.8, 4) is 0 Å². The molecule has 5 heteroatoms. The molecule has 1 aromatic rings. The summed E-state index contributed by atoms with van der Waals surface area (Å²) in [6, 6.07) is 0.0883. The van der Waals surface area contributed by atoms with Crippen molar-refractivity contribution in [1.29, 1.82) is 0 Å². The fourth-order valence-corrected chi connectivity index (χ4v) is 3.83. The molecule has 1 fully saturated rings. The monoisotopic (exact) mass is 310 g/mol. The summed E-state index contributed by atoms with van der Waals surface area (Å²) in [5.74, 6) is 0.792. The SMILES string of the molecule is Cc1nc(C(C)C)sc1[C@@H](C)N(C)C(=O)C1CCOCC1. The van der Waals surface area contributed by atoms with Gasteiger partial charge >= 0.3 is 0 Å². The quantitative estimate of drug-likeness (QED) is 0.854. The second-order valence-electron chi connectivity index (χ2n) is 6.17. The van der Waals surface area contributed by atoms with Crippen LogP contribution < -0.4 is 0 Å². The van der Waals surface area contributed by atoms with Crippen molar-refractivity contribution >= 4 is 17.2 Å². The van der Waals surface area contributed by atoms with E-state index in [1.54, 1.807) is 11.3 Å². The number of aromatic nitrogens is 1. The van der Waals surface area contributed by atoms with Gasteiger partial charge in [-0.1, -0.05) is 13.8 Å². The number of carbonyl (C=O) groups excluding carboxylic acids is 1. The molecule has 0 bridgehead atoms. The Hall–Kier alpha value is -0.940. The maximum Gasteiger partial charge on any atom is 0.226 e. The van der Waals surface area contributed by atoms with Crippen LogP contribution in [0, 0.1) is 12.8 Å². The van der Waals surface area contributed by atoms with Gasteiger partial charge in [0.05, 0.1) is 16.7 Å². The number of amides is 1. The first-order valence-electron chi connectivity index (χ1n) is 7.73. The highest BCUT2D eigenvalue weighted by molar-refractivity contribution is 7.11. The topological polar surface area (TPSA) is 42.4 Å². The highest BCUT2D eigenvalue weighted by Gasteiger charge is 2.29. The molecule has 0 radical (unpaired) electrons. The van der Waals surface area contributed by atoms with Crippen LogP contribution in [0.25, 0.3) is 0 Å². The lowest BCUT2D eigenvalue weighted by Gasteiger charge is -2.30. The summed E-state index contributed by atoms with van der Waals surface area (Å²) in [7, 11) is 1.91. The van der Waals surface area contributed by atoms with Gasteiger partial charge in [0.2, 0.25) is 5.91 Å². The third-order valence-electron chi connectivity index (χ3n) is 4.22. The molecule has 1 aliphatic rings. The van der Waals surface area contributed by atoms with E-state index in [0.29, 0.717) is 19.1 Å². The second-order valence-corrected chi connectivity index (χ2v) is 7.23. The molecule has 0 spiro atoms. The Kier molecular flexibility index (Phi) is 5.38. The standard InChI is InChI=1S/C16H26N2O2S/c1-10(2)15-17-11(3)14(21-15)12(4)18(5)16(19)13-6-8-20-9-7-13/h10,12-13H,6-9H2,1-5H3/t12-/m1/s1. The van der Waals surface area contributed by atoms with Gasteiger partial charge in [0, 0.05) is 37.0 Å². The molecule has 1 aromatic heterocycles. The molecule has 0 saturated carbocycles. The number of aryl methyl sites for hydroxylation is 1. The average Bonchev–Trinajstić information content (AvgIpc) is 2.88. The van der Waals surface area contributed by atoms with Crippen LogP contribution in [0.4, 0.5) is 0 Å². The first-order chi connectivity index (χ1) is 9.91. The van der Waals surface area contributed by atoms with E-state index in [4.69, 9.17) is 4.74 Å². The number of hydrogen-bond acceptors (Lipinski definition) is 4. The fourth-order valence-electron chi connectivity index (χ4n) is 2.66. The lowest BCUT2D eigenvalue weighted by molar-refractivity contribution is -0.139. The van der Waals surface area contributed by atoms with Crippen molar-refractivity contribution in [2.75, 3.05) is 20.3 Å². The third-order valence-corrected chi connectivity index (χ3v) is 5.85. The summed E-state index contributed by atoms with van der Waals surface area (Å²) in [4.78, 5) is 20.4. The van der Waals surface area contributed by atoms with E-state index < -0.39 is 0 Å². The van der Waals surface area contributed by atoms with Gasteiger partial charge in [-0.3, -0.25) is 4.79 Å². The van der Waals surface area contributed by atoms with Gasteiger partial charge in [-0.15, -0.1) is 11.3 Å². The largest absolute Gasteiger partial charge is 0.381 e. The minimum Gasteiger partial charge on any atom is -0.381 e. The predicted molar refractivity (Wildman–Crippen MR) is 85.7 cm³/mol. The molecule has 0 aliphatic carbocycles. The van der Waals surface area contributed by atoms with Gasteiger partial charge in [-0.05, 0) is 26.7 Å². The van der Waals surface area contributed by atoms with Crippen LogP contribution in [0.5, 0.6) is 0 Å². The Labute approximate surface area is 131 Å². The van der Waals surface area contributed by atoms with E-state index in [9.17, 15) is 4.79 Å². The Morgan fingerprint density at radius 2 is 1.95 bits per heavy atom. The number of thiazole rings is 1. The Balaban J connectivity index is 2.10. The zero-order valence-corrected chi connectivity index (χ0v) is 14.5. The van der Waals surface area contributed by atoms with Gasteiger partial charge < -0.3 is 9.64 Å². The number of rotatable bonds is 4. The normalized spacial score (nSPS) is 18.0. The van der Waals surface area contributed by atoms with E-state index in [1.165, 1.54) is 4.88 Å². The Bertz CT molecular complexity index is 492. The lowest BCUT2D eigenvalue weighted by atomic mass is 9.98. The van der Waals surface area contributed by atoms with Crippen molar-refractivity contribution in [2.24, 2.45) is 5.92 Å². The number of nitrogens with zero attached hydrogens (tertiary/aromatic N) is 2. The van der Waals surface area contributed by atoms with Crippen molar-refractivity contribution in [3.63, 3.8) is 0 Å². The van der Waals surface area contributed by atoms with Gasteiger partial charge in [0.1, 0.15) is 0 Å². The first kappa shape index (κ1) is 16.4. The van der Waals surface area contributed by atoms with Crippen molar-refractivity contribution in [1.82, 2.24) is 9.88 Å². The van der Waals surface area contributed by atoms with Crippen LogP contribution >= 0.6 is 11.3 Å². The maximum atomic E-state index is 12.6. The molecule has 0 aromatic carbocycles. The zero-order valence-electron chi connectivity index (χ0n) is 13.7. The average molecular weight is 310 g/mol. The fraction of sp³-hybridized carbons (Fsp3) is 0.750. The number of hydrogen-bond donors (Lipinski definition) is 0. The van der Waals surface area contributed by atoms with Gasteiger partial charge in [-0.2, -0.15) is 0 Å². The highest BCUT2D eigenvalue weighted by atomic mass is 32.1. The van der Waals surface area contributed by atoms with Crippen LogP contribution in [0.3, 0.4) is 0 Å². The van der Waals surface area contributed by atoms with E-state index in [0.717, 1.165) is 23.5 Å². The highest BCUT2D eigenvalue weighted by Crippen LogP contribution is 2.33. The van der Waals surface area contributed by atoms with Crippen LogP contribution in [0.15, 0.2) is 0 Å². The van der Waals surface area contributed by atoms with E-state index in [-0.39, 0.29) is 17.9 Å². The predicted octanol–water partition coefficient (Wildman–Crippen LogP) is 3.52. The summed E-state index contributed by atoms with van der Waals surface area (Å²) in [6.07, 6.45) is 1.68. The van der Waals surface area contributed by atoms with Crippen molar-refractivity contribution < 1.29 is 9.53 Å². The molecule has 1 atom stereocenters. The molecule has 0 N–H and O–H groups in total. The zero-order chi connectivity index (χ0) is 15.6. The third kappa shape index (κ3) is 3.64. The van der Waals surface area contributed by atoms with E-state index >= 15 is 0 Å². The van der Waals surface area contributed by atoms with E-state index in [1.807, 2.05) is 18.9 Å². The molecular weight excluding hydrogens is 284 g/mol. The summed E-state index contributed by atoms with van der Waals surface area (Å²) in [5, 5.41) is 1.15. The molecule has 0 unspecified atom stereocenters. The molecule has 21 heavy (non-hydrogen) atoms. The summed E-state index contributed by atoms with van der Waals surface area (Å²) in [6.45, 7) is 9.86. The molecule has 4 nitrogen and oxygen atoms in total. The van der Waals surface area contributed by atoms with Gasteiger partial charge in [-0.25, -0.2) is 4.98 Å². The molecule has 1 saturated heterocycles. The number of ether oxygens (including phenoxy) is 1. The molecule has 2 heterocycles. The minimum absolute atomic E-state index is 0.0883. The molecule has 118 valence electrons. The smallest absolute Gasteiger partial charge is 0.226 e. The Morgan fingerprint density at radius 1 is 1.33 bits per heavy atom. The maximum absolute atomic E-state index is 12.6. The molecule has 1 aliphatic heterocycles. The first-order valence-corrected chi connectivity index (χ1v) is 8.55. The molecule has 1 amide bonds. The molecular formula is C16H26N2O2S. The number of carbonyl (C=O) groups is 1. The summed E-state index contributed by atoms with van der Waals surface area (Å²) < 4.78 is 5.34. The Morgan fingerprint density at radius 3 is 2.48 bits per heavy atom. The summed E-state index contributed by atoms with van der Waals surface area (Å²) >= 11 is 1.74. The van der Waals surface area contributed by atoms with Crippen LogP contribution in [-0.4, -0.2) is 36.1 Å². The second kappa shape index (κ2) is 6.88. The van der Waals surface area contributed by atoms with Crippen molar-refractivity contribution in [2.45, 2.75) is 52.5 Å². The summed E-state index contributed by atoms with van der Waals surface area (Å²) in [5.41, 5.74) is 1.06. The van der Waals surface area contributed by atoms with Crippen LogP contribution in [0.2, 0.25) is 0 Å².